The summed E-state index contributed by atoms with van der Waals surface area (Å²) in [6.07, 6.45) is -1.45. The molecule has 2 N–H and O–H groups in total. The van der Waals surface area contributed by atoms with E-state index in [0.717, 1.165) is 0 Å². The molecular formula is C23H22FNO6S. The number of carbonyl (C=O) groups is 1. The highest BCUT2D eigenvalue weighted by Gasteiger charge is 2.26. The van der Waals surface area contributed by atoms with Crippen molar-refractivity contribution in [2.24, 2.45) is 0 Å². The van der Waals surface area contributed by atoms with Gasteiger partial charge in [-0.25, -0.2) is 12.8 Å². The fourth-order valence-electron chi connectivity index (χ4n) is 3.86. The number of aliphatic hydroxyl groups is 1. The van der Waals surface area contributed by atoms with Crippen molar-refractivity contribution in [2.45, 2.75) is 17.4 Å². The molecule has 1 fully saturated rings. The summed E-state index contributed by atoms with van der Waals surface area (Å²) < 4.78 is 46.1. The molecule has 4 rings (SSSR count). The minimum absolute atomic E-state index is 0.103. The van der Waals surface area contributed by atoms with E-state index < -0.39 is 27.9 Å². The maximum Gasteiger partial charge on any atom is 0.307 e. The molecular weight excluding hydrogens is 437 g/mol. The molecule has 3 aromatic rings. The number of fused-ring (bicyclic) bond motifs is 1. The summed E-state index contributed by atoms with van der Waals surface area (Å²) in [6, 6.07) is 13.1. The fourth-order valence-corrected chi connectivity index (χ4v) is 5.27. The Morgan fingerprint density at radius 1 is 1.06 bits per heavy atom. The van der Waals surface area contributed by atoms with E-state index >= 15 is 0 Å². The van der Waals surface area contributed by atoms with Gasteiger partial charge < -0.3 is 14.9 Å². The first-order valence-electron chi connectivity index (χ1n) is 10.1. The van der Waals surface area contributed by atoms with Crippen molar-refractivity contribution in [3.8, 4) is 0 Å². The van der Waals surface area contributed by atoms with Crippen LogP contribution in [0, 0.1) is 5.82 Å². The summed E-state index contributed by atoms with van der Waals surface area (Å²) >= 11 is 0. The molecule has 0 amide bonds. The Hall–Kier alpha value is -2.85. The van der Waals surface area contributed by atoms with Crippen molar-refractivity contribution >= 4 is 26.8 Å². The van der Waals surface area contributed by atoms with E-state index in [1.807, 2.05) is 0 Å². The van der Waals surface area contributed by atoms with Crippen molar-refractivity contribution in [3.63, 3.8) is 0 Å². The number of hydrogen-bond donors (Lipinski definition) is 2. The molecule has 1 aliphatic rings. The fraction of sp³-hybridized carbons (Fsp3) is 0.261. The second-order valence-corrected chi connectivity index (χ2v) is 9.55. The zero-order valence-electron chi connectivity index (χ0n) is 17.1. The van der Waals surface area contributed by atoms with Crippen molar-refractivity contribution in [1.29, 1.82) is 0 Å². The molecule has 0 bridgehead atoms. The molecule has 1 heterocycles. The van der Waals surface area contributed by atoms with Crippen LogP contribution in [0.15, 0.2) is 59.5 Å². The number of carboxylic acids is 1. The summed E-state index contributed by atoms with van der Waals surface area (Å²) in [5.74, 6) is -1.51. The Balaban J connectivity index is 1.70. The van der Waals surface area contributed by atoms with Gasteiger partial charge >= 0.3 is 5.97 Å². The summed E-state index contributed by atoms with van der Waals surface area (Å²) in [5.41, 5.74) is 1.23. The first-order valence-corrected chi connectivity index (χ1v) is 11.5. The number of nitrogens with zero attached hydrogens (tertiary/aromatic N) is 1. The van der Waals surface area contributed by atoms with Crippen LogP contribution in [0.1, 0.15) is 22.8 Å². The van der Waals surface area contributed by atoms with Crippen molar-refractivity contribution in [1.82, 2.24) is 4.31 Å². The van der Waals surface area contributed by atoms with Crippen molar-refractivity contribution in [2.75, 3.05) is 26.3 Å². The van der Waals surface area contributed by atoms with Crippen LogP contribution in [-0.4, -0.2) is 55.2 Å². The first-order chi connectivity index (χ1) is 15.3. The number of aliphatic carboxylic acids is 1. The lowest BCUT2D eigenvalue weighted by Crippen LogP contribution is -2.40. The van der Waals surface area contributed by atoms with E-state index in [2.05, 4.69) is 0 Å². The van der Waals surface area contributed by atoms with Crippen molar-refractivity contribution < 1.29 is 32.6 Å². The lowest BCUT2D eigenvalue weighted by atomic mass is 9.93. The smallest absolute Gasteiger partial charge is 0.307 e. The number of halogens is 1. The van der Waals surface area contributed by atoms with Gasteiger partial charge in [-0.05, 0) is 51.7 Å². The van der Waals surface area contributed by atoms with Gasteiger partial charge in [-0.15, -0.1) is 0 Å². The number of aliphatic hydroxyl groups excluding tert-OH is 1. The largest absolute Gasteiger partial charge is 0.481 e. The zero-order valence-corrected chi connectivity index (χ0v) is 17.9. The highest BCUT2D eigenvalue weighted by atomic mass is 32.2. The zero-order chi connectivity index (χ0) is 22.9. The Morgan fingerprint density at radius 3 is 2.41 bits per heavy atom. The number of morpholine rings is 1. The van der Waals surface area contributed by atoms with Crippen LogP contribution in [0.25, 0.3) is 10.8 Å². The van der Waals surface area contributed by atoms with Crippen LogP contribution in [0.2, 0.25) is 0 Å². The van der Waals surface area contributed by atoms with Crippen LogP contribution in [0.5, 0.6) is 0 Å². The van der Waals surface area contributed by atoms with Crippen LogP contribution in [0.4, 0.5) is 4.39 Å². The summed E-state index contributed by atoms with van der Waals surface area (Å²) in [6.45, 7) is 1.24. The quantitative estimate of drug-likeness (QED) is 0.588. The standard InChI is InChI=1S/C23H22FNO6S/c24-18-4-1-17-11-15(13-22(26)27)12-21(20(17)14-18)23(28)16-2-5-19(6-3-16)32(29,30)25-7-9-31-10-8-25/h1-6,11-12,14,23,28H,7-10,13H2,(H,26,27). The third-order valence-electron chi connectivity index (χ3n) is 5.46. The maximum absolute atomic E-state index is 13.9. The second-order valence-electron chi connectivity index (χ2n) is 7.61. The summed E-state index contributed by atoms with van der Waals surface area (Å²) in [7, 11) is -3.67. The van der Waals surface area contributed by atoms with E-state index in [0.29, 0.717) is 40.7 Å². The molecule has 0 aromatic heterocycles. The molecule has 1 atom stereocenters. The molecule has 3 aromatic carbocycles. The highest BCUT2D eigenvalue weighted by Crippen LogP contribution is 2.32. The molecule has 1 saturated heterocycles. The number of ether oxygens (including phenoxy) is 1. The predicted octanol–water partition coefficient (Wildman–Crippen LogP) is 2.71. The number of sulfonamides is 1. The van der Waals surface area contributed by atoms with Crippen LogP contribution in [0.3, 0.4) is 0 Å². The van der Waals surface area contributed by atoms with E-state index in [4.69, 9.17) is 9.84 Å². The number of benzene rings is 3. The minimum Gasteiger partial charge on any atom is -0.481 e. The third kappa shape index (κ3) is 4.51. The van der Waals surface area contributed by atoms with Gasteiger partial charge in [0.05, 0.1) is 24.5 Å². The van der Waals surface area contributed by atoms with Gasteiger partial charge in [0.1, 0.15) is 11.9 Å². The van der Waals surface area contributed by atoms with Gasteiger partial charge in [0.2, 0.25) is 10.0 Å². The molecule has 0 saturated carbocycles. The maximum atomic E-state index is 13.9. The molecule has 1 unspecified atom stereocenters. The molecule has 32 heavy (non-hydrogen) atoms. The van der Waals surface area contributed by atoms with Gasteiger partial charge in [0.15, 0.2) is 0 Å². The monoisotopic (exact) mass is 459 g/mol. The van der Waals surface area contributed by atoms with Crippen molar-refractivity contribution in [3.05, 3.63) is 77.1 Å². The normalized spacial score (nSPS) is 16.2. The first kappa shape index (κ1) is 22.3. The van der Waals surface area contributed by atoms with Gasteiger partial charge in [0, 0.05) is 13.1 Å². The highest BCUT2D eigenvalue weighted by molar-refractivity contribution is 7.89. The molecule has 0 radical (unpaired) electrons. The Morgan fingerprint density at radius 2 is 1.75 bits per heavy atom. The molecule has 0 aliphatic carbocycles. The van der Waals surface area contributed by atoms with Crippen LogP contribution < -0.4 is 0 Å². The van der Waals surface area contributed by atoms with Gasteiger partial charge in [-0.1, -0.05) is 30.3 Å². The Labute approximate surface area is 184 Å². The SMILES string of the molecule is O=C(O)Cc1cc(C(O)c2ccc(S(=O)(=O)N3CCOCC3)cc2)c2cc(F)ccc2c1. The van der Waals surface area contributed by atoms with Gasteiger partial charge in [0.25, 0.3) is 0 Å². The lowest BCUT2D eigenvalue weighted by Gasteiger charge is -2.26. The molecule has 7 nitrogen and oxygen atoms in total. The molecule has 1 aliphatic heterocycles. The van der Waals surface area contributed by atoms with E-state index in [-0.39, 0.29) is 24.4 Å². The van der Waals surface area contributed by atoms with Gasteiger partial charge in [-0.3, -0.25) is 4.79 Å². The van der Waals surface area contributed by atoms with Crippen LogP contribution >= 0.6 is 0 Å². The minimum atomic E-state index is -3.67. The van der Waals surface area contributed by atoms with E-state index in [9.17, 15) is 22.7 Å². The third-order valence-corrected chi connectivity index (χ3v) is 7.37. The molecule has 0 spiro atoms. The Kier molecular flexibility index (Phi) is 6.25. The average molecular weight is 459 g/mol. The second kappa shape index (κ2) is 8.95. The van der Waals surface area contributed by atoms with Gasteiger partial charge in [-0.2, -0.15) is 4.31 Å². The molecule has 9 heteroatoms. The topological polar surface area (TPSA) is 104 Å². The molecule has 168 valence electrons. The number of hydrogen-bond acceptors (Lipinski definition) is 5. The summed E-state index contributed by atoms with van der Waals surface area (Å²) in [5, 5.41) is 21.2. The lowest BCUT2D eigenvalue weighted by molar-refractivity contribution is -0.136. The van der Waals surface area contributed by atoms with E-state index in [1.54, 1.807) is 12.1 Å². The number of carboxylic acid groups (broad SMARTS) is 1. The Bertz CT molecular complexity index is 1250. The van der Waals surface area contributed by atoms with E-state index in [1.165, 1.54) is 46.8 Å². The predicted molar refractivity (Wildman–Crippen MR) is 115 cm³/mol. The van der Waals surface area contributed by atoms with Crippen LogP contribution in [-0.2, 0) is 26.0 Å². The summed E-state index contributed by atoms with van der Waals surface area (Å²) in [4.78, 5) is 11.3. The number of rotatable bonds is 6. The average Bonchev–Trinajstić information content (AvgIpc) is 2.78.